The summed E-state index contributed by atoms with van der Waals surface area (Å²) >= 11 is 0. The highest BCUT2D eigenvalue weighted by molar-refractivity contribution is 4.88. The summed E-state index contributed by atoms with van der Waals surface area (Å²) < 4.78 is 5.73. The van der Waals surface area contributed by atoms with E-state index in [9.17, 15) is 0 Å². The zero-order valence-corrected chi connectivity index (χ0v) is 9.67. The minimum atomic E-state index is 0.272. The van der Waals surface area contributed by atoms with Crippen molar-refractivity contribution in [2.75, 3.05) is 6.61 Å². The first-order chi connectivity index (χ1) is 6.79. The molecular weight excluding hydrogens is 174 g/mol. The summed E-state index contributed by atoms with van der Waals surface area (Å²) in [6.07, 6.45) is 7.96. The first kappa shape index (κ1) is 12.0. The minimum Gasteiger partial charge on any atom is -0.377 e. The van der Waals surface area contributed by atoms with Crippen LogP contribution in [-0.2, 0) is 4.74 Å². The van der Waals surface area contributed by atoms with Crippen LogP contribution in [0.2, 0.25) is 0 Å². The van der Waals surface area contributed by atoms with Gasteiger partial charge in [-0.15, -0.1) is 0 Å². The van der Waals surface area contributed by atoms with Crippen molar-refractivity contribution in [3.63, 3.8) is 0 Å². The third-order valence-corrected chi connectivity index (χ3v) is 3.01. The summed E-state index contributed by atoms with van der Waals surface area (Å²) in [6.45, 7) is 5.10. The van der Waals surface area contributed by atoms with Crippen LogP contribution in [0, 0.1) is 5.92 Å². The molecule has 84 valence electrons. The Labute approximate surface area is 88.2 Å². The summed E-state index contributed by atoms with van der Waals surface area (Å²) in [5.41, 5.74) is 6.16. The van der Waals surface area contributed by atoms with E-state index in [0.29, 0.717) is 6.10 Å². The zero-order valence-electron chi connectivity index (χ0n) is 9.67. The van der Waals surface area contributed by atoms with Crippen LogP contribution < -0.4 is 5.73 Å². The maximum Gasteiger partial charge on any atom is 0.0753 e. The van der Waals surface area contributed by atoms with Crippen LogP contribution in [0.1, 0.15) is 52.4 Å². The van der Waals surface area contributed by atoms with Gasteiger partial charge in [-0.05, 0) is 32.1 Å². The first-order valence-corrected chi connectivity index (χ1v) is 6.16. The molecule has 1 rings (SSSR count). The normalized spacial score (nSPS) is 20.8. The molecule has 1 aliphatic rings. The Balaban J connectivity index is 2.19. The predicted octanol–water partition coefficient (Wildman–Crippen LogP) is 2.71. The Morgan fingerprint density at radius 2 is 2.00 bits per heavy atom. The van der Waals surface area contributed by atoms with Gasteiger partial charge in [0.05, 0.1) is 6.10 Å². The molecular formula is C12H25NO. The predicted molar refractivity (Wildman–Crippen MR) is 60.3 cm³/mol. The fraction of sp³-hybridized carbons (Fsp3) is 1.00. The van der Waals surface area contributed by atoms with Crippen LogP contribution in [0.5, 0.6) is 0 Å². The lowest BCUT2D eigenvalue weighted by molar-refractivity contribution is 0.0263. The van der Waals surface area contributed by atoms with Gasteiger partial charge in [-0.3, -0.25) is 0 Å². The zero-order chi connectivity index (χ0) is 10.4. The summed E-state index contributed by atoms with van der Waals surface area (Å²) in [4.78, 5) is 0. The Hall–Kier alpha value is -0.0800. The summed E-state index contributed by atoms with van der Waals surface area (Å²) in [5.74, 6) is 0.770. The SMILES string of the molecule is CCCCCC(N)C(OCC)C1CC1. The van der Waals surface area contributed by atoms with E-state index in [1.54, 1.807) is 0 Å². The highest BCUT2D eigenvalue weighted by Gasteiger charge is 2.35. The lowest BCUT2D eigenvalue weighted by Crippen LogP contribution is -2.38. The molecule has 14 heavy (non-hydrogen) atoms. The van der Waals surface area contributed by atoms with Gasteiger partial charge in [0.2, 0.25) is 0 Å². The molecule has 0 saturated heterocycles. The molecule has 2 heteroatoms. The van der Waals surface area contributed by atoms with Crippen molar-refractivity contribution in [1.82, 2.24) is 0 Å². The number of unbranched alkanes of at least 4 members (excludes halogenated alkanes) is 2. The van der Waals surface area contributed by atoms with E-state index >= 15 is 0 Å². The Morgan fingerprint density at radius 3 is 2.50 bits per heavy atom. The van der Waals surface area contributed by atoms with E-state index in [1.807, 2.05) is 0 Å². The number of rotatable bonds is 8. The number of hydrogen-bond acceptors (Lipinski definition) is 2. The number of ether oxygens (including phenoxy) is 1. The monoisotopic (exact) mass is 199 g/mol. The van der Waals surface area contributed by atoms with Crippen LogP contribution in [0.15, 0.2) is 0 Å². The van der Waals surface area contributed by atoms with Crippen molar-refractivity contribution < 1.29 is 4.74 Å². The largest absolute Gasteiger partial charge is 0.377 e. The summed E-state index contributed by atoms with van der Waals surface area (Å²) in [5, 5.41) is 0. The van der Waals surface area contributed by atoms with Crippen LogP contribution >= 0.6 is 0 Å². The van der Waals surface area contributed by atoms with Crippen molar-refractivity contribution in [1.29, 1.82) is 0 Å². The van der Waals surface area contributed by atoms with Crippen LogP contribution in [-0.4, -0.2) is 18.8 Å². The summed E-state index contributed by atoms with van der Waals surface area (Å²) in [6, 6.07) is 0.272. The van der Waals surface area contributed by atoms with Crippen molar-refractivity contribution >= 4 is 0 Å². The average Bonchev–Trinajstić information content (AvgIpc) is 2.98. The second-order valence-corrected chi connectivity index (χ2v) is 4.42. The van der Waals surface area contributed by atoms with Gasteiger partial charge in [-0.2, -0.15) is 0 Å². The van der Waals surface area contributed by atoms with Crippen LogP contribution in [0.25, 0.3) is 0 Å². The third-order valence-electron chi connectivity index (χ3n) is 3.01. The molecule has 0 aromatic heterocycles. The molecule has 2 atom stereocenters. The van der Waals surface area contributed by atoms with Crippen molar-refractivity contribution in [3.8, 4) is 0 Å². The van der Waals surface area contributed by atoms with Crippen LogP contribution in [0.4, 0.5) is 0 Å². The molecule has 2 nitrogen and oxygen atoms in total. The van der Waals surface area contributed by atoms with Crippen molar-refractivity contribution in [2.24, 2.45) is 11.7 Å². The van der Waals surface area contributed by atoms with Crippen molar-refractivity contribution in [2.45, 2.75) is 64.5 Å². The van der Waals surface area contributed by atoms with E-state index in [-0.39, 0.29) is 6.04 Å². The second kappa shape index (κ2) is 6.41. The quantitative estimate of drug-likeness (QED) is 0.610. The maximum absolute atomic E-state index is 6.16. The minimum absolute atomic E-state index is 0.272. The second-order valence-electron chi connectivity index (χ2n) is 4.42. The molecule has 0 aromatic carbocycles. The van der Waals surface area contributed by atoms with Gasteiger partial charge in [-0.25, -0.2) is 0 Å². The smallest absolute Gasteiger partial charge is 0.0753 e. The van der Waals surface area contributed by atoms with Gasteiger partial charge >= 0.3 is 0 Å². The molecule has 1 aliphatic carbocycles. The summed E-state index contributed by atoms with van der Waals surface area (Å²) in [7, 11) is 0. The molecule has 1 saturated carbocycles. The lowest BCUT2D eigenvalue weighted by atomic mass is 10.0. The molecule has 0 radical (unpaired) electrons. The molecule has 2 unspecified atom stereocenters. The number of hydrogen-bond donors (Lipinski definition) is 1. The lowest BCUT2D eigenvalue weighted by Gasteiger charge is -2.23. The fourth-order valence-electron chi connectivity index (χ4n) is 2.02. The van der Waals surface area contributed by atoms with E-state index in [2.05, 4.69) is 13.8 Å². The fourth-order valence-corrected chi connectivity index (χ4v) is 2.02. The highest BCUT2D eigenvalue weighted by Crippen LogP contribution is 2.36. The van der Waals surface area contributed by atoms with Gasteiger partial charge < -0.3 is 10.5 Å². The molecule has 0 spiro atoms. The van der Waals surface area contributed by atoms with Gasteiger partial charge in [-0.1, -0.05) is 26.2 Å². The van der Waals surface area contributed by atoms with E-state index in [0.717, 1.165) is 18.9 Å². The Bertz CT molecular complexity index is 145. The molecule has 0 bridgehead atoms. The van der Waals surface area contributed by atoms with Crippen molar-refractivity contribution in [3.05, 3.63) is 0 Å². The van der Waals surface area contributed by atoms with Gasteiger partial charge in [0.25, 0.3) is 0 Å². The van der Waals surface area contributed by atoms with E-state index < -0.39 is 0 Å². The molecule has 1 fully saturated rings. The third kappa shape index (κ3) is 3.97. The molecule has 0 heterocycles. The molecule has 0 amide bonds. The van der Waals surface area contributed by atoms with E-state index in [4.69, 9.17) is 10.5 Å². The van der Waals surface area contributed by atoms with Gasteiger partial charge in [0.1, 0.15) is 0 Å². The molecule has 0 aromatic rings. The maximum atomic E-state index is 6.16. The van der Waals surface area contributed by atoms with E-state index in [1.165, 1.54) is 32.1 Å². The standard InChI is InChI=1S/C12H25NO/c1-3-5-6-7-11(13)12(14-4-2)10-8-9-10/h10-12H,3-9,13H2,1-2H3. The molecule has 0 aliphatic heterocycles. The average molecular weight is 199 g/mol. The van der Waals surface area contributed by atoms with Gasteiger partial charge in [0, 0.05) is 12.6 Å². The van der Waals surface area contributed by atoms with Crippen LogP contribution in [0.3, 0.4) is 0 Å². The topological polar surface area (TPSA) is 35.2 Å². The first-order valence-electron chi connectivity index (χ1n) is 6.16. The number of nitrogens with two attached hydrogens (primary N) is 1. The Morgan fingerprint density at radius 1 is 1.29 bits per heavy atom. The highest BCUT2D eigenvalue weighted by atomic mass is 16.5. The Kier molecular flexibility index (Phi) is 5.49. The molecule has 2 N–H and O–H groups in total. The van der Waals surface area contributed by atoms with Gasteiger partial charge in [0.15, 0.2) is 0 Å².